The Hall–Kier alpha value is -3.06. The van der Waals surface area contributed by atoms with Crippen molar-refractivity contribution in [2.24, 2.45) is 0 Å². The Morgan fingerprint density at radius 2 is 1.77 bits per heavy atom. The Labute approximate surface area is 177 Å². The van der Waals surface area contributed by atoms with Gasteiger partial charge in [-0.05, 0) is 56.2 Å². The van der Waals surface area contributed by atoms with Gasteiger partial charge in [-0.1, -0.05) is 6.07 Å². The van der Waals surface area contributed by atoms with Crippen LogP contribution in [0.25, 0.3) is 0 Å². The highest BCUT2D eigenvalue weighted by Crippen LogP contribution is 2.18. The fourth-order valence-corrected chi connectivity index (χ4v) is 3.25. The van der Waals surface area contributed by atoms with Crippen LogP contribution in [0.5, 0.6) is 5.75 Å². The van der Waals surface area contributed by atoms with Crippen LogP contribution in [0.2, 0.25) is 0 Å². The van der Waals surface area contributed by atoms with Gasteiger partial charge in [0.15, 0.2) is 0 Å². The number of amides is 2. The Bertz CT molecular complexity index is 833. The average molecular weight is 412 g/mol. The van der Waals surface area contributed by atoms with E-state index in [1.54, 1.807) is 18.2 Å². The van der Waals surface area contributed by atoms with Gasteiger partial charge in [0, 0.05) is 42.7 Å². The number of carbonyl (C=O) groups is 2. The summed E-state index contributed by atoms with van der Waals surface area (Å²) < 4.78 is 10.9. The van der Waals surface area contributed by atoms with Crippen LogP contribution in [0.4, 0.5) is 11.4 Å². The molecule has 0 spiro atoms. The Morgan fingerprint density at radius 1 is 1.00 bits per heavy atom. The molecule has 0 saturated carbocycles. The monoisotopic (exact) mass is 411 g/mol. The number of carbonyl (C=O) groups excluding carboxylic acids is 2. The lowest BCUT2D eigenvalue weighted by atomic mass is 10.2. The minimum absolute atomic E-state index is 0.0696. The van der Waals surface area contributed by atoms with Crippen LogP contribution >= 0.6 is 0 Å². The van der Waals surface area contributed by atoms with Gasteiger partial charge >= 0.3 is 0 Å². The van der Waals surface area contributed by atoms with Crippen molar-refractivity contribution in [3.05, 3.63) is 54.1 Å². The predicted molar refractivity (Wildman–Crippen MR) is 117 cm³/mol. The van der Waals surface area contributed by atoms with E-state index in [2.05, 4.69) is 10.6 Å². The summed E-state index contributed by atoms with van der Waals surface area (Å²) in [7, 11) is 0. The molecule has 2 aromatic rings. The van der Waals surface area contributed by atoms with Crippen molar-refractivity contribution in [1.82, 2.24) is 4.90 Å². The molecule has 0 atom stereocenters. The van der Waals surface area contributed by atoms with Gasteiger partial charge in [0.25, 0.3) is 5.91 Å². The van der Waals surface area contributed by atoms with Crippen LogP contribution in [-0.2, 0) is 9.53 Å². The molecule has 0 aromatic heterocycles. The lowest BCUT2D eigenvalue weighted by molar-refractivity contribution is -0.114. The molecule has 0 unspecified atom stereocenters. The third kappa shape index (κ3) is 6.49. The second-order valence-electron chi connectivity index (χ2n) is 7.05. The van der Waals surface area contributed by atoms with Gasteiger partial charge in [-0.25, -0.2) is 0 Å². The molecule has 1 fully saturated rings. The molecule has 2 aromatic carbocycles. The SMILES string of the molecule is CCOCCOc1cccc(NC(=O)CNc2ccc(C(=O)N3CCCC3)cc2)c1. The van der Waals surface area contributed by atoms with E-state index in [1.165, 1.54) is 0 Å². The summed E-state index contributed by atoms with van der Waals surface area (Å²) in [4.78, 5) is 26.5. The highest BCUT2D eigenvalue weighted by Gasteiger charge is 2.19. The number of likely N-dealkylation sites (tertiary alicyclic amines) is 1. The van der Waals surface area contributed by atoms with Crippen molar-refractivity contribution in [2.75, 3.05) is 50.1 Å². The lowest BCUT2D eigenvalue weighted by Crippen LogP contribution is -2.27. The van der Waals surface area contributed by atoms with Crippen molar-refractivity contribution in [3.63, 3.8) is 0 Å². The molecule has 2 amide bonds. The first-order valence-corrected chi connectivity index (χ1v) is 10.4. The van der Waals surface area contributed by atoms with Crippen LogP contribution in [-0.4, -0.2) is 56.2 Å². The van der Waals surface area contributed by atoms with Crippen molar-refractivity contribution >= 4 is 23.2 Å². The Balaban J connectivity index is 1.44. The van der Waals surface area contributed by atoms with Crippen LogP contribution in [0.15, 0.2) is 48.5 Å². The summed E-state index contributed by atoms with van der Waals surface area (Å²) in [5, 5.41) is 5.93. The zero-order chi connectivity index (χ0) is 21.2. The quantitative estimate of drug-likeness (QED) is 0.586. The summed E-state index contributed by atoms with van der Waals surface area (Å²) in [5.41, 5.74) is 2.13. The van der Waals surface area contributed by atoms with E-state index in [-0.39, 0.29) is 18.4 Å². The van der Waals surface area contributed by atoms with Gasteiger partial charge in [-0.2, -0.15) is 0 Å². The van der Waals surface area contributed by atoms with Gasteiger partial charge in [0.1, 0.15) is 12.4 Å². The molecular weight excluding hydrogens is 382 g/mol. The molecule has 7 nitrogen and oxygen atoms in total. The minimum Gasteiger partial charge on any atom is -0.491 e. The summed E-state index contributed by atoms with van der Waals surface area (Å²) in [5.74, 6) is 0.581. The summed E-state index contributed by atoms with van der Waals surface area (Å²) in [6, 6.07) is 14.5. The van der Waals surface area contributed by atoms with Crippen LogP contribution in [0.1, 0.15) is 30.1 Å². The molecule has 0 aliphatic carbocycles. The molecule has 3 rings (SSSR count). The van der Waals surface area contributed by atoms with E-state index < -0.39 is 0 Å². The van der Waals surface area contributed by atoms with E-state index in [0.717, 1.165) is 31.6 Å². The molecule has 1 heterocycles. The Morgan fingerprint density at radius 3 is 2.50 bits per heavy atom. The number of anilines is 2. The van der Waals surface area contributed by atoms with Crippen molar-refractivity contribution < 1.29 is 19.1 Å². The van der Waals surface area contributed by atoms with E-state index in [1.807, 2.05) is 42.2 Å². The molecule has 0 bridgehead atoms. The van der Waals surface area contributed by atoms with Crippen LogP contribution in [0.3, 0.4) is 0 Å². The maximum Gasteiger partial charge on any atom is 0.253 e. The molecular formula is C23H29N3O4. The van der Waals surface area contributed by atoms with Crippen molar-refractivity contribution in [3.8, 4) is 5.75 Å². The highest BCUT2D eigenvalue weighted by molar-refractivity contribution is 5.95. The standard InChI is InChI=1S/C23H29N3O4/c1-2-29-14-15-30-21-7-5-6-20(16-21)25-22(27)17-24-19-10-8-18(9-11-19)23(28)26-12-3-4-13-26/h5-11,16,24H,2-4,12-15,17H2,1H3,(H,25,27). The molecule has 2 N–H and O–H groups in total. The summed E-state index contributed by atoms with van der Waals surface area (Å²) in [6.45, 7) is 5.36. The lowest BCUT2D eigenvalue weighted by Gasteiger charge is -2.15. The van der Waals surface area contributed by atoms with E-state index in [4.69, 9.17) is 9.47 Å². The number of hydrogen-bond acceptors (Lipinski definition) is 5. The molecule has 160 valence electrons. The number of nitrogens with zero attached hydrogens (tertiary/aromatic N) is 1. The normalized spacial score (nSPS) is 13.2. The molecule has 7 heteroatoms. The maximum atomic E-state index is 12.4. The predicted octanol–water partition coefficient (Wildman–Crippen LogP) is 3.39. The van der Waals surface area contributed by atoms with E-state index in [0.29, 0.717) is 36.8 Å². The molecule has 0 radical (unpaired) electrons. The second-order valence-corrected chi connectivity index (χ2v) is 7.05. The van der Waals surface area contributed by atoms with Crippen molar-refractivity contribution in [2.45, 2.75) is 19.8 Å². The van der Waals surface area contributed by atoms with Crippen LogP contribution in [0, 0.1) is 0 Å². The fourth-order valence-electron chi connectivity index (χ4n) is 3.25. The zero-order valence-electron chi connectivity index (χ0n) is 17.4. The molecule has 1 saturated heterocycles. The minimum atomic E-state index is -0.168. The fraction of sp³-hybridized carbons (Fsp3) is 0.391. The summed E-state index contributed by atoms with van der Waals surface area (Å²) in [6.07, 6.45) is 2.14. The number of rotatable bonds is 10. The number of ether oxygens (including phenoxy) is 2. The molecule has 30 heavy (non-hydrogen) atoms. The largest absolute Gasteiger partial charge is 0.491 e. The summed E-state index contributed by atoms with van der Waals surface area (Å²) >= 11 is 0. The van der Waals surface area contributed by atoms with E-state index >= 15 is 0 Å². The highest BCUT2D eigenvalue weighted by atomic mass is 16.5. The third-order valence-electron chi connectivity index (χ3n) is 4.80. The smallest absolute Gasteiger partial charge is 0.253 e. The Kier molecular flexibility index (Phi) is 8.09. The van der Waals surface area contributed by atoms with Gasteiger partial charge in [0.05, 0.1) is 13.2 Å². The van der Waals surface area contributed by atoms with Gasteiger partial charge in [0.2, 0.25) is 5.91 Å². The molecule has 1 aliphatic heterocycles. The first-order valence-electron chi connectivity index (χ1n) is 10.4. The number of hydrogen-bond donors (Lipinski definition) is 2. The zero-order valence-corrected chi connectivity index (χ0v) is 17.4. The third-order valence-corrected chi connectivity index (χ3v) is 4.80. The topological polar surface area (TPSA) is 79.9 Å². The second kappa shape index (κ2) is 11.2. The number of nitrogens with one attached hydrogen (secondary N) is 2. The number of benzene rings is 2. The van der Waals surface area contributed by atoms with Gasteiger partial charge in [-0.3, -0.25) is 9.59 Å². The maximum absolute atomic E-state index is 12.4. The first-order chi connectivity index (χ1) is 14.7. The average Bonchev–Trinajstić information content (AvgIpc) is 3.30. The van der Waals surface area contributed by atoms with E-state index in [9.17, 15) is 9.59 Å². The van der Waals surface area contributed by atoms with Gasteiger partial charge < -0.3 is 25.0 Å². The first kappa shape index (κ1) is 21.6. The van der Waals surface area contributed by atoms with Crippen molar-refractivity contribution in [1.29, 1.82) is 0 Å². The molecule has 1 aliphatic rings. The van der Waals surface area contributed by atoms with Crippen LogP contribution < -0.4 is 15.4 Å². The van der Waals surface area contributed by atoms with Gasteiger partial charge in [-0.15, -0.1) is 0 Å².